The van der Waals surface area contributed by atoms with Crippen LogP contribution >= 0.6 is 0 Å². The van der Waals surface area contributed by atoms with Gasteiger partial charge in [0, 0.05) is 6.04 Å². The summed E-state index contributed by atoms with van der Waals surface area (Å²) in [6.45, 7) is 9.23. The van der Waals surface area contributed by atoms with Crippen molar-refractivity contribution < 1.29 is 19.4 Å². The smallest absolute Gasteiger partial charge is 0.338 e. The molecule has 1 heterocycles. The van der Waals surface area contributed by atoms with E-state index in [1.54, 1.807) is 12.1 Å². The Morgan fingerprint density at radius 3 is 2.60 bits per heavy atom. The van der Waals surface area contributed by atoms with Crippen LogP contribution in [0.25, 0.3) is 0 Å². The summed E-state index contributed by atoms with van der Waals surface area (Å²) in [4.78, 5) is 14.9. The van der Waals surface area contributed by atoms with Gasteiger partial charge in [-0.05, 0) is 57.0 Å². The van der Waals surface area contributed by atoms with Crippen LogP contribution in [0.15, 0.2) is 18.2 Å². The zero-order chi connectivity index (χ0) is 18.2. The molecule has 5 heteroatoms. The Hall–Kier alpha value is -1.75. The molecule has 1 fully saturated rings. The minimum Gasteiger partial charge on any atom is -0.504 e. The van der Waals surface area contributed by atoms with E-state index in [0.717, 1.165) is 19.5 Å². The number of nitrogens with zero attached hydrogens (tertiary/aromatic N) is 1. The molecule has 0 saturated carbocycles. The number of phenols is 1. The lowest BCUT2D eigenvalue weighted by atomic mass is 9.96. The minimum absolute atomic E-state index is 0.0317. The molecule has 1 saturated heterocycles. The fraction of sp³-hybridized carbons (Fsp3) is 0.650. The van der Waals surface area contributed by atoms with Crippen molar-refractivity contribution in [2.75, 3.05) is 26.3 Å². The van der Waals surface area contributed by atoms with Gasteiger partial charge in [-0.3, -0.25) is 4.90 Å². The van der Waals surface area contributed by atoms with Crippen LogP contribution in [0.3, 0.4) is 0 Å². The van der Waals surface area contributed by atoms with Gasteiger partial charge in [0.15, 0.2) is 11.5 Å². The number of ether oxygens (including phenoxy) is 2. The first-order valence-electron chi connectivity index (χ1n) is 9.43. The van der Waals surface area contributed by atoms with Gasteiger partial charge in [0.25, 0.3) is 0 Å². The van der Waals surface area contributed by atoms with Crippen molar-refractivity contribution >= 4 is 5.97 Å². The summed E-state index contributed by atoms with van der Waals surface area (Å²) in [6, 6.07) is 4.84. The van der Waals surface area contributed by atoms with Gasteiger partial charge in [0.2, 0.25) is 0 Å². The highest BCUT2D eigenvalue weighted by Crippen LogP contribution is 2.27. The summed E-state index contributed by atoms with van der Waals surface area (Å²) in [5, 5.41) is 9.76. The maximum absolute atomic E-state index is 12.4. The standard InChI is InChI=1S/C20H31NO4/c1-4-15(3)17(21-11-7-6-8-12-21)14-25-20(23)16-9-10-18(22)19(13-16)24-5-2/h9-10,13,15,17,22H,4-8,11-12,14H2,1-3H3/t15?,17-/m1/s1. The molecular formula is C20H31NO4. The average molecular weight is 349 g/mol. The van der Waals surface area contributed by atoms with Gasteiger partial charge in [-0.25, -0.2) is 4.79 Å². The van der Waals surface area contributed by atoms with Crippen molar-refractivity contribution in [3.05, 3.63) is 23.8 Å². The number of hydrogen-bond donors (Lipinski definition) is 1. The van der Waals surface area contributed by atoms with Crippen LogP contribution in [-0.2, 0) is 4.74 Å². The molecule has 140 valence electrons. The number of hydrogen-bond acceptors (Lipinski definition) is 5. The Kier molecular flexibility index (Phi) is 7.56. The highest BCUT2D eigenvalue weighted by atomic mass is 16.5. The molecule has 0 aromatic heterocycles. The third kappa shape index (κ3) is 5.36. The van der Waals surface area contributed by atoms with Crippen LogP contribution in [0.1, 0.15) is 56.8 Å². The lowest BCUT2D eigenvalue weighted by molar-refractivity contribution is 0.0210. The van der Waals surface area contributed by atoms with Crippen LogP contribution in [0.2, 0.25) is 0 Å². The molecule has 0 radical (unpaired) electrons. The van der Waals surface area contributed by atoms with Crippen LogP contribution in [-0.4, -0.2) is 48.3 Å². The van der Waals surface area contributed by atoms with Gasteiger partial charge < -0.3 is 14.6 Å². The molecule has 0 amide bonds. The van der Waals surface area contributed by atoms with Crippen molar-refractivity contribution in [2.24, 2.45) is 5.92 Å². The molecule has 1 N–H and O–H groups in total. The predicted octanol–water partition coefficient (Wildman–Crippen LogP) is 3.85. The molecule has 1 aromatic rings. The second-order valence-corrected chi connectivity index (χ2v) is 6.76. The maximum atomic E-state index is 12.4. The Labute approximate surface area is 150 Å². The predicted molar refractivity (Wildman–Crippen MR) is 98.2 cm³/mol. The number of carbonyl (C=O) groups is 1. The van der Waals surface area contributed by atoms with Crippen LogP contribution in [0.5, 0.6) is 11.5 Å². The van der Waals surface area contributed by atoms with Crippen molar-refractivity contribution in [1.29, 1.82) is 0 Å². The second kappa shape index (κ2) is 9.66. The molecule has 1 unspecified atom stereocenters. The monoisotopic (exact) mass is 349 g/mol. The molecule has 1 aliphatic heterocycles. The number of phenolic OH excluding ortho intramolecular Hbond substituents is 1. The van der Waals surface area contributed by atoms with Crippen molar-refractivity contribution in [3.63, 3.8) is 0 Å². The van der Waals surface area contributed by atoms with Gasteiger partial charge in [0.05, 0.1) is 12.2 Å². The first kappa shape index (κ1) is 19.6. The summed E-state index contributed by atoms with van der Waals surface area (Å²) in [5.41, 5.74) is 0.405. The summed E-state index contributed by atoms with van der Waals surface area (Å²) in [6.07, 6.45) is 4.79. The van der Waals surface area contributed by atoms with Crippen molar-refractivity contribution in [2.45, 2.75) is 52.5 Å². The fourth-order valence-corrected chi connectivity index (χ4v) is 3.31. The number of rotatable bonds is 8. The number of esters is 1. The SMILES string of the molecule is CCOc1cc(C(=O)OC[C@H](C(C)CC)N2CCCCC2)ccc1O. The zero-order valence-electron chi connectivity index (χ0n) is 15.7. The molecule has 25 heavy (non-hydrogen) atoms. The minimum atomic E-state index is -0.369. The van der Waals surface area contributed by atoms with Crippen LogP contribution in [0.4, 0.5) is 0 Å². The highest BCUT2D eigenvalue weighted by Gasteiger charge is 2.26. The summed E-state index contributed by atoms with van der Waals surface area (Å²) in [5.74, 6) is 0.451. The molecule has 2 atom stereocenters. The maximum Gasteiger partial charge on any atom is 0.338 e. The number of piperidine rings is 1. The molecule has 1 aliphatic rings. The van der Waals surface area contributed by atoms with E-state index in [0.29, 0.717) is 30.4 Å². The second-order valence-electron chi connectivity index (χ2n) is 6.76. The van der Waals surface area contributed by atoms with E-state index in [2.05, 4.69) is 18.7 Å². The fourth-order valence-electron chi connectivity index (χ4n) is 3.31. The Bertz CT molecular complexity index is 555. The van der Waals surface area contributed by atoms with E-state index in [1.807, 2.05) is 6.92 Å². The summed E-state index contributed by atoms with van der Waals surface area (Å²) >= 11 is 0. The lowest BCUT2D eigenvalue weighted by Crippen LogP contribution is -2.46. The number of benzene rings is 1. The van der Waals surface area contributed by atoms with Gasteiger partial charge >= 0.3 is 5.97 Å². The van der Waals surface area contributed by atoms with Crippen LogP contribution < -0.4 is 4.74 Å². The number of aromatic hydroxyl groups is 1. The molecule has 1 aromatic carbocycles. The van der Waals surface area contributed by atoms with Crippen molar-refractivity contribution in [3.8, 4) is 11.5 Å². The molecule has 0 bridgehead atoms. The van der Waals surface area contributed by atoms with Crippen molar-refractivity contribution in [1.82, 2.24) is 4.90 Å². The van der Waals surface area contributed by atoms with E-state index in [4.69, 9.17) is 9.47 Å². The largest absolute Gasteiger partial charge is 0.504 e. The molecule has 5 nitrogen and oxygen atoms in total. The average Bonchev–Trinajstić information content (AvgIpc) is 2.64. The number of carbonyl (C=O) groups excluding carboxylic acids is 1. The van der Waals surface area contributed by atoms with E-state index >= 15 is 0 Å². The molecule has 2 rings (SSSR count). The first-order chi connectivity index (χ1) is 12.1. The topological polar surface area (TPSA) is 59.0 Å². The Balaban J connectivity index is 2.01. The van der Waals surface area contributed by atoms with Gasteiger partial charge in [-0.1, -0.05) is 26.7 Å². The van der Waals surface area contributed by atoms with Gasteiger partial charge in [-0.15, -0.1) is 0 Å². The highest BCUT2D eigenvalue weighted by molar-refractivity contribution is 5.90. The molecule has 0 aliphatic carbocycles. The third-order valence-electron chi connectivity index (χ3n) is 5.04. The first-order valence-corrected chi connectivity index (χ1v) is 9.43. The number of likely N-dealkylation sites (tertiary alicyclic amines) is 1. The lowest BCUT2D eigenvalue weighted by Gasteiger charge is -2.37. The Morgan fingerprint density at radius 2 is 1.96 bits per heavy atom. The zero-order valence-corrected chi connectivity index (χ0v) is 15.7. The van der Waals surface area contributed by atoms with E-state index < -0.39 is 0 Å². The molecular weight excluding hydrogens is 318 g/mol. The Morgan fingerprint density at radius 1 is 1.24 bits per heavy atom. The molecule has 0 spiro atoms. The quantitative estimate of drug-likeness (QED) is 0.723. The summed E-state index contributed by atoms with van der Waals surface area (Å²) in [7, 11) is 0. The van der Waals surface area contributed by atoms with Gasteiger partial charge in [0.1, 0.15) is 6.61 Å². The normalized spacial score (nSPS) is 17.7. The van der Waals surface area contributed by atoms with E-state index in [1.165, 1.54) is 25.3 Å². The summed E-state index contributed by atoms with van der Waals surface area (Å²) < 4.78 is 11.0. The van der Waals surface area contributed by atoms with Crippen LogP contribution in [0, 0.1) is 5.92 Å². The third-order valence-corrected chi connectivity index (χ3v) is 5.04. The van der Waals surface area contributed by atoms with E-state index in [-0.39, 0.29) is 17.8 Å². The van der Waals surface area contributed by atoms with Gasteiger partial charge in [-0.2, -0.15) is 0 Å². The van der Waals surface area contributed by atoms with E-state index in [9.17, 15) is 9.90 Å².